The van der Waals surface area contributed by atoms with E-state index in [1.807, 2.05) is 4.90 Å². The average molecular weight is 397 g/mol. The van der Waals surface area contributed by atoms with Crippen molar-refractivity contribution in [3.05, 3.63) is 23.8 Å². The molecule has 2 fully saturated rings. The third-order valence-corrected chi connectivity index (χ3v) is 6.61. The number of rotatable bonds is 3. The maximum atomic E-state index is 12.9. The molecular formula is C19H22F3N3OS. The van der Waals surface area contributed by atoms with Crippen LogP contribution in [0.5, 0.6) is 0 Å². The van der Waals surface area contributed by atoms with Gasteiger partial charge in [0.05, 0.1) is 15.8 Å². The van der Waals surface area contributed by atoms with E-state index in [0.717, 1.165) is 73.8 Å². The Morgan fingerprint density at radius 1 is 1.15 bits per heavy atom. The fourth-order valence-electron chi connectivity index (χ4n) is 3.90. The largest absolute Gasteiger partial charge is 0.416 e. The Hall–Kier alpha value is -1.83. The fraction of sp³-hybridized carbons (Fsp3) is 0.579. The number of hydrogen-bond acceptors (Lipinski definition) is 4. The van der Waals surface area contributed by atoms with Crippen molar-refractivity contribution in [1.29, 1.82) is 0 Å². The first-order valence-electron chi connectivity index (χ1n) is 9.40. The topological polar surface area (TPSA) is 36.4 Å². The molecule has 1 amide bonds. The van der Waals surface area contributed by atoms with Gasteiger partial charge in [0.2, 0.25) is 5.91 Å². The zero-order valence-electron chi connectivity index (χ0n) is 15.0. The summed E-state index contributed by atoms with van der Waals surface area (Å²) in [6.07, 6.45) is 0.323. The summed E-state index contributed by atoms with van der Waals surface area (Å²) in [5, 5.41) is 0.772. The highest BCUT2D eigenvalue weighted by molar-refractivity contribution is 7.22. The molecule has 2 aromatic rings. The molecule has 0 N–H and O–H groups in total. The Morgan fingerprint density at radius 2 is 1.85 bits per heavy atom. The van der Waals surface area contributed by atoms with Crippen LogP contribution < -0.4 is 4.90 Å². The molecule has 0 unspecified atom stereocenters. The van der Waals surface area contributed by atoms with Gasteiger partial charge in [0, 0.05) is 32.6 Å². The Morgan fingerprint density at radius 3 is 2.52 bits per heavy atom. The molecule has 2 aliphatic heterocycles. The van der Waals surface area contributed by atoms with Crippen molar-refractivity contribution in [1.82, 2.24) is 9.88 Å². The molecule has 0 saturated carbocycles. The number of thiazole rings is 1. The minimum Gasteiger partial charge on any atom is -0.348 e. The molecule has 3 heterocycles. The molecule has 4 rings (SSSR count). The summed E-state index contributed by atoms with van der Waals surface area (Å²) in [6, 6.07) is 3.73. The third kappa shape index (κ3) is 4.05. The Kier molecular flexibility index (Phi) is 5.01. The summed E-state index contributed by atoms with van der Waals surface area (Å²) in [6.45, 7) is 3.38. The summed E-state index contributed by atoms with van der Waals surface area (Å²) in [4.78, 5) is 20.8. The van der Waals surface area contributed by atoms with Gasteiger partial charge in [0.15, 0.2) is 5.13 Å². The number of carbonyl (C=O) groups is 1. The maximum absolute atomic E-state index is 12.9. The monoisotopic (exact) mass is 397 g/mol. The lowest BCUT2D eigenvalue weighted by Crippen LogP contribution is -2.36. The number of amides is 1. The first kappa shape index (κ1) is 18.5. The molecule has 0 atom stereocenters. The predicted octanol–water partition coefficient (Wildman–Crippen LogP) is 4.54. The highest BCUT2D eigenvalue weighted by Crippen LogP contribution is 2.36. The van der Waals surface area contributed by atoms with E-state index in [0.29, 0.717) is 17.9 Å². The number of fused-ring (bicyclic) bond motifs is 1. The van der Waals surface area contributed by atoms with Crippen LogP contribution in [0.3, 0.4) is 0 Å². The lowest BCUT2D eigenvalue weighted by atomic mass is 9.93. The summed E-state index contributed by atoms with van der Waals surface area (Å²) in [5.41, 5.74) is -0.262. The van der Waals surface area contributed by atoms with Crippen LogP contribution in [0.15, 0.2) is 18.2 Å². The molecule has 1 aromatic heterocycles. The zero-order valence-corrected chi connectivity index (χ0v) is 15.8. The molecule has 4 nitrogen and oxygen atoms in total. The van der Waals surface area contributed by atoms with E-state index in [9.17, 15) is 18.0 Å². The normalized spacial score (nSPS) is 19.2. The van der Waals surface area contributed by atoms with Gasteiger partial charge in [-0.3, -0.25) is 4.79 Å². The van der Waals surface area contributed by atoms with Gasteiger partial charge in [-0.05, 0) is 49.8 Å². The van der Waals surface area contributed by atoms with Crippen molar-refractivity contribution in [2.75, 3.05) is 31.1 Å². The number of likely N-dealkylation sites (tertiary alicyclic amines) is 1. The highest BCUT2D eigenvalue weighted by Gasteiger charge is 2.31. The SMILES string of the molecule is O=C(CC1CCN(c2nc3cc(C(F)(F)F)ccc3s2)CC1)N1CCCC1. The minimum absolute atomic E-state index is 0.269. The van der Waals surface area contributed by atoms with Crippen molar-refractivity contribution in [2.24, 2.45) is 5.92 Å². The van der Waals surface area contributed by atoms with E-state index >= 15 is 0 Å². The van der Waals surface area contributed by atoms with Crippen LogP contribution in [-0.2, 0) is 11.0 Å². The van der Waals surface area contributed by atoms with Gasteiger partial charge in [-0.2, -0.15) is 13.2 Å². The summed E-state index contributed by atoms with van der Waals surface area (Å²) >= 11 is 1.43. The van der Waals surface area contributed by atoms with E-state index in [-0.39, 0.29) is 5.91 Å². The van der Waals surface area contributed by atoms with Gasteiger partial charge in [0.1, 0.15) is 0 Å². The van der Waals surface area contributed by atoms with Gasteiger partial charge in [-0.1, -0.05) is 11.3 Å². The number of piperidine rings is 1. The average Bonchev–Trinajstić information content (AvgIpc) is 3.30. The van der Waals surface area contributed by atoms with Gasteiger partial charge >= 0.3 is 6.18 Å². The van der Waals surface area contributed by atoms with Crippen molar-refractivity contribution in [3.63, 3.8) is 0 Å². The number of alkyl halides is 3. The number of aromatic nitrogens is 1. The lowest BCUT2D eigenvalue weighted by Gasteiger charge is -2.32. The fourth-order valence-corrected chi connectivity index (χ4v) is 4.90. The number of halogens is 3. The number of nitrogens with zero attached hydrogens (tertiary/aromatic N) is 3. The molecule has 0 bridgehead atoms. The molecule has 0 aliphatic carbocycles. The second-order valence-electron chi connectivity index (χ2n) is 7.40. The smallest absolute Gasteiger partial charge is 0.348 e. The molecular weight excluding hydrogens is 375 g/mol. The molecule has 27 heavy (non-hydrogen) atoms. The standard InChI is InChI=1S/C19H22F3N3OS/c20-19(21,22)14-3-4-16-15(12-14)23-18(27-16)25-9-5-13(6-10-25)11-17(26)24-7-1-2-8-24/h3-4,12-13H,1-2,5-11H2. The molecule has 2 saturated heterocycles. The van der Waals surface area contributed by atoms with Crippen LogP contribution in [0.2, 0.25) is 0 Å². The molecule has 0 radical (unpaired) electrons. The third-order valence-electron chi connectivity index (χ3n) is 5.51. The molecule has 146 valence electrons. The van der Waals surface area contributed by atoms with Crippen LogP contribution in [0.1, 0.15) is 37.7 Å². The van der Waals surface area contributed by atoms with Crippen molar-refractivity contribution < 1.29 is 18.0 Å². The Balaban J connectivity index is 1.38. The highest BCUT2D eigenvalue weighted by atomic mass is 32.1. The van der Waals surface area contributed by atoms with Gasteiger partial charge in [-0.25, -0.2) is 4.98 Å². The molecule has 0 spiro atoms. The van der Waals surface area contributed by atoms with Crippen molar-refractivity contribution in [3.8, 4) is 0 Å². The van der Waals surface area contributed by atoms with Crippen LogP contribution in [0.25, 0.3) is 10.2 Å². The zero-order chi connectivity index (χ0) is 19.0. The molecule has 8 heteroatoms. The predicted molar refractivity (Wildman–Crippen MR) is 100.0 cm³/mol. The van der Waals surface area contributed by atoms with Crippen LogP contribution >= 0.6 is 11.3 Å². The quantitative estimate of drug-likeness (QED) is 0.763. The number of hydrogen-bond donors (Lipinski definition) is 0. The van der Waals surface area contributed by atoms with E-state index in [4.69, 9.17) is 0 Å². The number of carbonyl (C=O) groups excluding carboxylic acids is 1. The second-order valence-corrected chi connectivity index (χ2v) is 8.41. The second kappa shape index (κ2) is 7.30. The number of anilines is 1. The minimum atomic E-state index is -4.35. The Labute approximate surface area is 160 Å². The maximum Gasteiger partial charge on any atom is 0.416 e. The summed E-state index contributed by atoms with van der Waals surface area (Å²) in [7, 11) is 0. The van der Waals surface area contributed by atoms with Crippen molar-refractivity contribution in [2.45, 2.75) is 38.3 Å². The molecule has 1 aromatic carbocycles. The molecule has 2 aliphatic rings. The van der Waals surface area contributed by atoms with E-state index in [1.54, 1.807) is 0 Å². The van der Waals surface area contributed by atoms with Crippen LogP contribution in [0.4, 0.5) is 18.3 Å². The summed E-state index contributed by atoms with van der Waals surface area (Å²) in [5.74, 6) is 0.658. The first-order valence-corrected chi connectivity index (χ1v) is 10.2. The van der Waals surface area contributed by atoms with E-state index < -0.39 is 11.7 Å². The Bertz CT molecular complexity index is 821. The first-order chi connectivity index (χ1) is 12.9. The van der Waals surface area contributed by atoms with Crippen LogP contribution in [-0.4, -0.2) is 42.0 Å². The van der Waals surface area contributed by atoms with E-state index in [1.165, 1.54) is 17.4 Å². The van der Waals surface area contributed by atoms with Crippen molar-refractivity contribution >= 4 is 32.6 Å². The van der Waals surface area contributed by atoms with Gasteiger partial charge in [0.25, 0.3) is 0 Å². The number of benzene rings is 1. The van der Waals surface area contributed by atoms with Gasteiger partial charge < -0.3 is 9.80 Å². The lowest BCUT2D eigenvalue weighted by molar-refractivity contribution is -0.137. The van der Waals surface area contributed by atoms with Gasteiger partial charge in [-0.15, -0.1) is 0 Å². The van der Waals surface area contributed by atoms with Crippen LogP contribution in [0, 0.1) is 5.92 Å². The summed E-state index contributed by atoms with van der Waals surface area (Å²) < 4.78 is 39.4. The van der Waals surface area contributed by atoms with E-state index in [2.05, 4.69) is 9.88 Å².